The predicted octanol–water partition coefficient (Wildman–Crippen LogP) is 0.730. The van der Waals surface area contributed by atoms with E-state index in [4.69, 9.17) is 4.74 Å². The van der Waals surface area contributed by atoms with Crippen LogP contribution >= 0.6 is 0 Å². The first-order valence-corrected chi connectivity index (χ1v) is 6.01. The molecule has 1 aliphatic heterocycles. The second-order valence-corrected chi connectivity index (χ2v) is 4.48. The van der Waals surface area contributed by atoms with Crippen molar-refractivity contribution in [1.82, 2.24) is 15.3 Å². The lowest BCUT2D eigenvalue weighted by atomic mass is 10.2. The SMILES string of the molecule is COCc1cc(C)nc(N2CCNC[C@H]2C)n1. The van der Waals surface area contributed by atoms with Crippen molar-refractivity contribution in [3.05, 3.63) is 17.5 Å². The molecule has 0 amide bonds. The molecule has 1 saturated heterocycles. The Hall–Kier alpha value is -1.20. The van der Waals surface area contributed by atoms with Crippen LogP contribution in [0.15, 0.2) is 6.07 Å². The van der Waals surface area contributed by atoms with E-state index in [0.29, 0.717) is 12.6 Å². The molecule has 17 heavy (non-hydrogen) atoms. The van der Waals surface area contributed by atoms with Crippen LogP contribution in [-0.2, 0) is 11.3 Å². The third-order valence-electron chi connectivity index (χ3n) is 2.95. The summed E-state index contributed by atoms with van der Waals surface area (Å²) in [5.74, 6) is 0.825. The number of methoxy groups -OCH3 is 1. The van der Waals surface area contributed by atoms with E-state index in [2.05, 4.69) is 27.1 Å². The smallest absolute Gasteiger partial charge is 0.226 e. The predicted molar refractivity (Wildman–Crippen MR) is 67.2 cm³/mol. The van der Waals surface area contributed by atoms with Gasteiger partial charge in [-0.25, -0.2) is 9.97 Å². The Balaban J connectivity index is 2.24. The van der Waals surface area contributed by atoms with Gasteiger partial charge < -0.3 is 15.0 Å². The average Bonchev–Trinajstić information content (AvgIpc) is 2.29. The number of ether oxygens (including phenoxy) is 1. The van der Waals surface area contributed by atoms with E-state index in [-0.39, 0.29) is 0 Å². The molecule has 1 fully saturated rings. The summed E-state index contributed by atoms with van der Waals surface area (Å²) in [7, 11) is 1.69. The van der Waals surface area contributed by atoms with E-state index in [9.17, 15) is 0 Å². The van der Waals surface area contributed by atoms with Gasteiger partial charge in [-0.3, -0.25) is 0 Å². The molecular weight excluding hydrogens is 216 g/mol. The third kappa shape index (κ3) is 2.92. The molecule has 5 heteroatoms. The maximum atomic E-state index is 5.13. The molecule has 5 nitrogen and oxygen atoms in total. The molecule has 1 aromatic heterocycles. The summed E-state index contributed by atoms with van der Waals surface area (Å²) in [6.07, 6.45) is 0. The van der Waals surface area contributed by atoms with Crippen LogP contribution in [0.3, 0.4) is 0 Å². The first-order valence-electron chi connectivity index (χ1n) is 6.01. The summed E-state index contributed by atoms with van der Waals surface area (Å²) in [4.78, 5) is 11.3. The third-order valence-corrected chi connectivity index (χ3v) is 2.95. The molecule has 0 unspecified atom stereocenters. The summed E-state index contributed by atoms with van der Waals surface area (Å²) in [5, 5.41) is 3.37. The van der Waals surface area contributed by atoms with E-state index in [1.165, 1.54) is 0 Å². The maximum absolute atomic E-state index is 5.13. The number of anilines is 1. The van der Waals surface area contributed by atoms with Crippen LogP contribution in [0.1, 0.15) is 18.3 Å². The fraction of sp³-hybridized carbons (Fsp3) is 0.667. The molecule has 1 atom stereocenters. The molecular formula is C12H20N4O. The van der Waals surface area contributed by atoms with Gasteiger partial charge in [-0.15, -0.1) is 0 Å². The van der Waals surface area contributed by atoms with Crippen molar-refractivity contribution in [3.63, 3.8) is 0 Å². The van der Waals surface area contributed by atoms with Gasteiger partial charge >= 0.3 is 0 Å². The lowest BCUT2D eigenvalue weighted by Crippen LogP contribution is -2.50. The standard InChI is InChI=1S/C12H20N4O/c1-9-6-11(8-17-3)15-12(14-9)16-5-4-13-7-10(16)2/h6,10,13H,4-5,7-8H2,1-3H3/t10-/m1/s1. The minimum atomic E-state index is 0.431. The van der Waals surface area contributed by atoms with Crippen LogP contribution in [-0.4, -0.2) is 42.8 Å². The van der Waals surface area contributed by atoms with Crippen molar-refractivity contribution in [2.75, 3.05) is 31.6 Å². The number of piperazine rings is 1. The van der Waals surface area contributed by atoms with E-state index in [1.54, 1.807) is 7.11 Å². The zero-order valence-corrected chi connectivity index (χ0v) is 10.7. The van der Waals surface area contributed by atoms with Gasteiger partial charge in [-0.1, -0.05) is 0 Å². The molecule has 1 aliphatic rings. The van der Waals surface area contributed by atoms with Gasteiger partial charge in [0.25, 0.3) is 0 Å². The van der Waals surface area contributed by atoms with Gasteiger partial charge in [-0.05, 0) is 19.9 Å². The number of rotatable bonds is 3. The number of hydrogen-bond acceptors (Lipinski definition) is 5. The normalized spacial score (nSPS) is 20.6. The van der Waals surface area contributed by atoms with Crippen LogP contribution in [0, 0.1) is 6.92 Å². The van der Waals surface area contributed by atoms with Gasteiger partial charge in [0.2, 0.25) is 5.95 Å². The Labute approximate surface area is 102 Å². The van der Waals surface area contributed by atoms with Crippen LogP contribution < -0.4 is 10.2 Å². The highest BCUT2D eigenvalue weighted by atomic mass is 16.5. The van der Waals surface area contributed by atoms with Gasteiger partial charge in [0.1, 0.15) is 0 Å². The number of nitrogens with one attached hydrogen (secondary N) is 1. The molecule has 0 saturated carbocycles. The Morgan fingerprint density at radius 1 is 1.53 bits per heavy atom. The number of nitrogens with zero attached hydrogens (tertiary/aromatic N) is 3. The first-order chi connectivity index (χ1) is 8.20. The van der Waals surface area contributed by atoms with Gasteiger partial charge in [0.05, 0.1) is 12.3 Å². The minimum Gasteiger partial charge on any atom is -0.378 e. The topological polar surface area (TPSA) is 50.3 Å². The zero-order valence-electron chi connectivity index (χ0n) is 10.7. The molecule has 1 aromatic rings. The Morgan fingerprint density at radius 3 is 3.06 bits per heavy atom. The summed E-state index contributed by atoms with van der Waals surface area (Å²) in [5.41, 5.74) is 1.94. The number of hydrogen-bond donors (Lipinski definition) is 1. The zero-order chi connectivity index (χ0) is 12.3. The average molecular weight is 236 g/mol. The fourth-order valence-electron chi connectivity index (χ4n) is 2.11. The molecule has 1 N–H and O–H groups in total. The molecule has 0 aliphatic carbocycles. The largest absolute Gasteiger partial charge is 0.378 e. The monoisotopic (exact) mass is 236 g/mol. The molecule has 2 rings (SSSR count). The van der Waals surface area contributed by atoms with Crippen molar-refractivity contribution >= 4 is 5.95 Å². The summed E-state index contributed by atoms with van der Waals surface area (Å²) in [6, 6.07) is 2.40. The lowest BCUT2D eigenvalue weighted by Gasteiger charge is -2.34. The first kappa shape index (κ1) is 12.3. The fourth-order valence-corrected chi connectivity index (χ4v) is 2.11. The molecule has 0 bridgehead atoms. The lowest BCUT2D eigenvalue weighted by molar-refractivity contribution is 0.181. The van der Waals surface area contributed by atoms with Crippen LogP contribution in [0.5, 0.6) is 0 Å². The molecule has 0 radical (unpaired) electrons. The quantitative estimate of drug-likeness (QED) is 0.838. The van der Waals surface area contributed by atoms with Crippen LogP contribution in [0.4, 0.5) is 5.95 Å². The summed E-state index contributed by atoms with van der Waals surface area (Å²) >= 11 is 0. The van der Waals surface area contributed by atoms with Crippen molar-refractivity contribution in [2.45, 2.75) is 26.5 Å². The highest BCUT2D eigenvalue weighted by Gasteiger charge is 2.20. The highest BCUT2D eigenvalue weighted by Crippen LogP contribution is 2.15. The molecule has 2 heterocycles. The van der Waals surface area contributed by atoms with Crippen LogP contribution in [0.2, 0.25) is 0 Å². The van der Waals surface area contributed by atoms with Crippen molar-refractivity contribution in [1.29, 1.82) is 0 Å². The molecule has 0 spiro atoms. The van der Waals surface area contributed by atoms with Crippen molar-refractivity contribution < 1.29 is 4.74 Å². The number of aryl methyl sites for hydroxylation is 1. The molecule has 0 aromatic carbocycles. The highest BCUT2D eigenvalue weighted by molar-refractivity contribution is 5.34. The minimum absolute atomic E-state index is 0.431. The summed E-state index contributed by atoms with van der Waals surface area (Å²) in [6.45, 7) is 7.65. The molecule has 94 valence electrons. The maximum Gasteiger partial charge on any atom is 0.226 e. The van der Waals surface area contributed by atoms with Gasteiger partial charge in [-0.2, -0.15) is 0 Å². The Bertz CT molecular complexity index is 383. The Kier molecular flexibility index (Phi) is 3.91. The van der Waals surface area contributed by atoms with Crippen molar-refractivity contribution in [2.24, 2.45) is 0 Å². The van der Waals surface area contributed by atoms with E-state index < -0.39 is 0 Å². The van der Waals surface area contributed by atoms with Crippen molar-refractivity contribution in [3.8, 4) is 0 Å². The van der Waals surface area contributed by atoms with E-state index in [1.807, 2.05) is 13.0 Å². The van der Waals surface area contributed by atoms with E-state index in [0.717, 1.165) is 37.0 Å². The van der Waals surface area contributed by atoms with Gasteiger partial charge in [0.15, 0.2) is 0 Å². The van der Waals surface area contributed by atoms with E-state index >= 15 is 0 Å². The number of aromatic nitrogens is 2. The second-order valence-electron chi connectivity index (χ2n) is 4.48. The van der Waals surface area contributed by atoms with Gasteiger partial charge in [0, 0.05) is 38.5 Å². The van der Waals surface area contributed by atoms with Crippen LogP contribution in [0.25, 0.3) is 0 Å². The summed E-state index contributed by atoms with van der Waals surface area (Å²) < 4.78 is 5.13. The Morgan fingerprint density at radius 2 is 2.35 bits per heavy atom. The second kappa shape index (κ2) is 5.42.